The van der Waals surface area contributed by atoms with Crippen molar-refractivity contribution in [1.82, 2.24) is 10.6 Å². The second-order valence-electron chi connectivity index (χ2n) is 3.68. The molecule has 1 aromatic carbocycles. The molecule has 0 aliphatic rings. The minimum atomic E-state index is -0.00723. The normalized spacial score (nSPS) is 12.2. The third-order valence-corrected chi connectivity index (χ3v) is 2.67. The van der Waals surface area contributed by atoms with Gasteiger partial charge in [-0.15, -0.1) is 0 Å². The maximum atomic E-state index is 10.7. The van der Waals surface area contributed by atoms with E-state index < -0.39 is 0 Å². The minimum Gasteiger partial charge on any atom is -0.355 e. The van der Waals surface area contributed by atoms with Crippen LogP contribution in [0.25, 0.3) is 0 Å². The third-order valence-electron chi connectivity index (χ3n) is 2.32. The van der Waals surface area contributed by atoms with E-state index in [4.69, 9.17) is 11.6 Å². The van der Waals surface area contributed by atoms with Crippen molar-refractivity contribution < 1.29 is 4.79 Å². The molecule has 0 heterocycles. The average Bonchev–Trinajstić information content (AvgIpc) is 2.24. The van der Waals surface area contributed by atoms with Gasteiger partial charge in [0, 0.05) is 31.1 Å². The van der Waals surface area contributed by atoms with Crippen LogP contribution in [0.1, 0.15) is 25.5 Å². The fraction of sp³-hybridized carbons (Fsp3) is 0.417. The van der Waals surface area contributed by atoms with E-state index in [-0.39, 0.29) is 11.9 Å². The van der Waals surface area contributed by atoms with Crippen molar-refractivity contribution in [2.75, 3.05) is 13.1 Å². The second-order valence-corrected chi connectivity index (χ2v) is 4.09. The van der Waals surface area contributed by atoms with Gasteiger partial charge in [-0.3, -0.25) is 4.79 Å². The lowest BCUT2D eigenvalue weighted by Gasteiger charge is -2.15. The Balaban J connectivity index is 2.38. The summed E-state index contributed by atoms with van der Waals surface area (Å²) in [6.45, 7) is 4.92. The van der Waals surface area contributed by atoms with Gasteiger partial charge in [0.1, 0.15) is 0 Å². The first kappa shape index (κ1) is 13.0. The standard InChI is InChI=1S/C12H17ClN2O/c1-9(14-7-8-15-10(2)16)11-5-3-4-6-12(11)13/h3-6,9,14H,7-8H2,1-2H3,(H,15,16). The molecular formula is C12H17ClN2O. The van der Waals surface area contributed by atoms with Gasteiger partial charge in [-0.1, -0.05) is 29.8 Å². The van der Waals surface area contributed by atoms with Gasteiger partial charge in [-0.05, 0) is 18.6 Å². The third kappa shape index (κ3) is 4.21. The summed E-state index contributed by atoms with van der Waals surface area (Å²) < 4.78 is 0. The molecule has 0 fully saturated rings. The molecule has 0 aliphatic carbocycles. The van der Waals surface area contributed by atoms with Crippen molar-refractivity contribution in [3.05, 3.63) is 34.9 Å². The molecule has 4 heteroatoms. The highest BCUT2D eigenvalue weighted by atomic mass is 35.5. The van der Waals surface area contributed by atoms with Crippen LogP contribution in [0.15, 0.2) is 24.3 Å². The molecule has 0 spiro atoms. The zero-order valence-corrected chi connectivity index (χ0v) is 10.3. The Labute approximate surface area is 101 Å². The van der Waals surface area contributed by atoms with Crippen molar-refractivity contribution in [3.63, 3.8) is 0 Å². The highest BCUT2D eigenvalue weighted by molar-refractivity contribution is 6.31. The van der Waals surface area contributed by atoms with Gasteiger partial charge in [-0.25, -0.2) is 0 Å². The maximum Gasteiger partial charge on any atom is 0.216 e. The summed E-state index contributed by atoms with van der Waals surface area (Å²) in [5, 5.41) is 6.79. The zero-order valence-electron chi connectivity index (χ0n) is 9.59. The minimum absolute atomic E-state index is 0.00723. The topological polar surface area (TPSA) is 41.1 Å². The quantitative estimate of drug-likeness (QED) is 0.775. The van der Waals surface area contributed by atoms with Crippen LogP contribution in [0.4, 0.5) is 0 Å². The van der Waals surface area contributed by atoms with Gasteiger partial charge < -0.3 is 10.6 Å². The highest BCUT2D eigenvalue weighted by Gasteiger charge is 2.07. The molecule has 1 unspecified atom stereocenters. The number of hydrogen-bond acceptors (Lipinski definition) is 2. The summed E-state index contributed by atoms with van der Waals surface area (Å²) >= 11 is 6.07. The molecule has 1 amide bonds. The van der Waals surface area contributed by atoms with Crippen LogP contribution in [0.2, 0.25) is 5.02 Å². The maximum absolute atomic E-state index is 10.7. The number of nitrogens with one attached hydrogen (secondary N) is 2. The molecule has 1 aromatic rings. The Morgan fingerprint density at radius 2 is 2.06 bits per heavy atom. The van der Waals surface area contributed by atoms with Crippen LogP contribution in [0.3, 0.4) is 0 Å². The second kappa shape index (κ2) is 6.51. The van der Waals surface area contributed by atoms with E-state index in [1.54, 1.807) is 0 Å². The first-order valence-electron chi connectivity index (χ1n) is 5.33. The van der Waals surface area contributed by atoms with E-state index in [9.17, 15) is 4.79 Å². The number of hydrogen-bond donors (Lipinski definition) is 2. The fourth-order valence-electron chi connectivity index (χ4n) is 1.46. The first-order chi connectivity index (χ1) is 7.61. The molecule has 88 valence electrons. The first-order valence-corrected chi connectivity index (χ1v) is 5.71. The number of halogens is 1. The Kier molecular flexibility index (Phi) is 5.29. The largest absolute Gasteiger partial charge is 0.355 e. The lowest BCUT2D eigenvalue weighted by molar-refractivity contribution is -0.118. The molecule has 0 aliphatic heterocycles. The SMILES string of the molecule is CC(=O)NCCNC(C)c1ccccc1Cl. The summed E-state index contributed by atoms with van der Waals surface area (Å²) in [5.74, 6) is -0.00723. The van der Waals surface area contributed by atoms with Crippen molar-refractivity contribution in [2.24, 2.45) is 0 Å². The lowest BCUT2D eigenvalue weighted by atomic mass is 10.1. The Bertz CT molecular complexity index is 355. The molecule has 3 nitrogen and oxygen atoms in total. The van der Waals surface area contributed by atoms with Crippen LogP contribution in [-0.2, 0) is 4.79 Å². The van der Waals surface area contributed by atoms with Gasteiger partial charge in [0.15, 0.2) is 0 Å². The zero-order chi connectivity index (χ0) is 12.0. The molecule has 0 saturated heterocycles. The number of rotatable bonds is 5. The van der Waals surface area contributed by atoms with Crippen molar-refractivity contribution in [2.45, 2.75) is 19.9 Å². The van der Waals surface area contributed by atoms with E-state index in [1.807, 2.05) is 24.3 Å². The lowest BCUT2D eigenvalue weighted by Crippen LogP contribution is -2.31. The van der Waals surface area contributed by atoms with E-state index >= 15 is 0 Å². The van der Waals surface area contributed by atoms with Crippen molar-refractivity contribution >= 4 is 17.5 Å². The molecule has 0 saturated carbocycles. The van der Waals surface area contributed by atoms with Crippen LogP contribution in [0, 0.1) is 0 Å². The molecule has 0 bridgehead atoms. The van der Waals surface area contributed by atoms with Gasteiger partial charge in [0.25, 0.3) is 0 Å². The number of amides is 1. The Morgan fingerprint density at radius 3 is 2.69 bits per heavy atom. The molecule has 1 rings (SSSR count). The van der Waals surface area contributed by atoms with Crippen LogP contribution < -0.4 is 10.6 Å². The fourth-order valence-corrected chi connectivity index (χ4v) is 1.76. The van der Waals surface area contributed by atoms with Crippen molar-refractivity contribution in [3.8, 4) is 0 Å². The van der Waals surface area contributed by atoms with Gasteiger partial charge >= 0.3 is 0 Å². The predicted molar refractivity (Wildman–Crippen MR) is 66.6 cm³/mol. The Hall–Kier alpha value is -1.06. The molecule has 1 atom stereocenters. The molecule has 0 radical (unpaired) electrons. The van der Waals surface area contributed by atoms with Crippen LogP contribution in [0.5, 0.6) is 0 Å². The summed E-state index contributed by atoms with van der Waals surface area (Å²) in [5.41, 5.74) is 1.08. The smallest absolute Gasteiger partial charge is 0.216 e. The summed E-state index contributed by atoms with van der Waals surface area (Å²) in [4.78, 5) is 10.7. The number of benzene rings is 1. The Morgan fingerprint density at radius 1 is 1.38 bits per heavy atom. The molecule has 2 N–H and O–H groups in total. The molecular weight excluding hydrogens is 224 g/mol. The highest BCUT2D eigenvalue weighted by Crippen LogP contribution is 2.21. The summed E-state index contributed by atoms with van der Waals surface area (Å²) in [6, 6.07) is 7.94. The monoisotopic (exact) mass is 240 g/mol. The van der Waals surface area contributed by atoms with Gasteiger partial charge in [-0.2, -0.15) is 0 Å². The number of carbonyl (C=O) groups excluding carboxylic acids is 1. The van der Waals surface area contributed by atoms with Gasteiger partial charge in [0.05, 0.1) is 0 Å². The van der Waals surface area contributed by atoms with Crippen molar-refractivity contribution in [1.29, 1.82) is 0 Å². The summed E-state index contributed by atoms with van der Waals surface area (Å²) in [6.07, 6.45) is 0. The van der Waals surface area contributed by atoms with E-state index in [0.29, 0.717) is 6.54 Å². The van der Waals surface area contributed by atoms with E-state index in [2.05, 4.69) is 17.6 Å². The van der Waals surface area contributed by atoms with Gasteiger partial charge in [0.2, 0.25) is 5.91 Å². The van der Waals surface area contributed by atoms with Crippen LogP contribution in [-0.4, -0.2) is 19.0 Å². The summed E-state index contributed by atoms with van der Waals surface area (Å²) in [7, 11) is 0. The van der Waals surface area contributed by atoms with Crippen LogP contribution >= 0.6 is 11.6 Å². The number of carbonyl (C=O) groups is 1. The average molecular weight is 241 g/mol. The molecule has 16 heavy (non-hydrogen) atoms. The predicted octanol–water partition coefficient (Wildman–Crippen LogP) is 2.13. The van der Waals surface area contributed by atoms with E-state index in [1.165, 1.54) is 6.92 Å². The molecule has 0 aromatic heterocycles. The van der Waals surface area contributed by atoms with E-state index in [0.717, 1.165) is 17.1 Å².